The van der Waals surface area contributed by atoms with Crippen LogP contribution in [0.3, 0.4) is 0 Å². The number of anilines is 1. The number of aliphatic carboxylic acids is 1. The van der Waals surface area contributed by atoms with E-state index in [9.17, 15) is 24.4 Å². The molecule has 0 bridgehead atoms. The number of aromatic nitrogens is 2. The summed E-state index contributed by atoms with van der Waals surface area (Å²) in [6.07, 6.45) is -1.34. The molecule has 1 aromatic carbocycles. The Morgan fingerprint density at radius 1 is 1.31 bits per heavy atom. The molecule has 3 rings (SSSR count). The van der Waals surface area contributed by atoms with Crippen molar-refractivity contribution in [1.29, 1.82) is 0 Å². The Morgan fingerprint density at radius 2 is 2.00 bits per heavy atom. The van der Waals surface area contributed by atoms with Gasteiger partial charge in [-0.1, -0.05) is 18.2 Å². The standard InChI is InChI=1S/C18H23N4O8PS/c1-10(17(25)26)21-31(28,30-11-5-3-2-4-6-11)29-9-12-14(23)15(24)16(32-12)22-8-7-13(19)20-18(22)27/h2-8,10,12,14-16,23-24H,9H2,1H3,(H,21,28)(H,25,26)(H2,19,20,27)/t10-,12+,14+,15-,16+,31?/m0/s1. The number of hydrogen-bond acceptors (Lipinski definition) is 10. The first-order chi connectivity index (χ1) is 15.1. The first kappa shape index (κ1) is 24.2. The third-order valence-electron chi connectivity index (χ3n) is 4.56. The van der Waals surface area contributed by atoms with Crippen LogP contribution in [-0.4, -0.2) is 60.9 Å². The lowest BCUT2D eigenvalue weighted by molar-refractivity contribution is -0.138. The number of carbonyl (C=O) groups is 1. The normalized spacial score (nSPS) is 25.7. The van der Waals surface area contributed by atoms with Crippen molar-refractivity contribution in [2.45, 2.75) is 35.8 Å². The zero-order valence-electron chi connectivity index (χ0n) is 16.8. The minimum absolute atomic E-state index is 0.0155. The number of benzene rings is 1. The number of nitrogens with one attached hydrogen (secondary N) is 1. The summed E-state index contributed by atoms with van der Waals surface area (Å²) < 4.78 is 25.2. The van der Waals surface area contributed by atoms with Gasteiger partial charge in [0.2, 0.25) is 0 Å². The largest absolute Gasteiger partial charge is 0.480 e. The lowest BCUT2D eigenvalue weighted by Crippen LogP contribution is -2.37. The van der Waals surface area contributed by atoms with Gasteiger partial charge in [-0.25, -0.2) is 9.36 Å². The van der Waals surface area contributed by atoms with Crippen LogP contribution < -0.4 is 21.0 Å². The molecular weight excluding hydrogens is 463 g/mol. The summed E-state index contributed by atoms with van der Waals surface area (Å²) >= 11 is 1.01. The van der Waals surface area contributed by atoms with Gasteiger partial charge < -0.3 is 25.6 Å². The summed E-state index contributed by atoms with van der Waals surface area (Å²) in [5, 5.41) is 30.6. The van der Waals surface area contributed by atoms with E-state index >= 15 is 0 Å². The van der Waals surface area contributed by atoms with Gasteiger partial charge >= 0.3 is 19.4 Å². The predicted octanol–water partition coefficient (Wildman–Crippen LogP) is 0.428. The van der Waals surface area contributed by atoms with E-state index in [1.54, 1.807) is 18.2 Å². The molecule has 1 unspecified atom stereocenters. The van der Waals surface area contributed by atoms with Crippen molar-refractivity contribution >= 4 is 31.3 Å². The number of para-hydroxylation sites is 1. The molecule has 0 saturated carbocycles. The molecule has 0 amide bonds. The molecular formula is C18H23N4O8PS. The van der Waals surface area contributed by atoms with E-state index in [1.165, 1.54) is 31.3 Å². The Labute approximate surface area is 187 Å². The molecule has 14 heteroatoms. The molecule has 1 aliphatic heterocycles. The number of hydrogen-bond donors (Lipinski definition) is 5. The quantitative estimate of drug-likeness (QED) is 0.308. The van der Waals surface area contributed by atoms with Crippen molar-refractivity contribution < 1.29 is 33.7 Å². The molecule has 1 fully saturated rings. The number of nitrogen functional groups attached to an aromatic ring is 1. The molecule has 32 heavy (non-hydrogen) atoms. The first-order valence-corrected chi connectivity index (χ1v) is 11.9. The molecule has 1 saturated heterocycles. The molecule has 1 aromatic heterocycles. The van der Waals surface area contributed by atoms with Crippen LogP contribution in [0.25, 0.3) is 0 Å². The number of carboxylic acids is 1. The Hall–Kier alpha value is -2.41. The minimum Gasteiger partial charge on any atom is -0.480 e. The van der Waals surface area contributed by atoms with E-state index < -0.39 is 48.3 Å². The molecule has 0 spiro atoms. The average molecular weight is 486 g/mol. The number of carboxylic acid groups (broad SMARTS) is 1. The number of aliphatic hydroxyl groups is 2. The second-order valence-corrected chi connectivity index (χ2v) is 10.0. The number of nitrogens with two attached hydrogens (primary N) is 1. The van der Waals surface area contributed by atoms with E-state index in [4.69, 9.17) is 19.9 Å². The van der Waals surface area contributed by atoms with Gasteiger partial charge in [-0.15, -0.1) is 11.8 Å². The van der Waals surface area contributed by atoms with Crippen LogP contribution in [0, 0.1) is 0 Å². The van der Waals surface area contributed by atoms with Gasteiger partial charge in [0.25, 0.3) is 0 Å². The van der Waals surface area contributed by atoms with Crippen LogP contribution >= 0.6 is 19.5 Å². The molecule has 12 nitrogen and oxygen atoms in total. The fraction of sp³-hybridized carbons (Fsp3) is 0.389. The minimum atomic E-state index is -4.19. The number of nitrogens with zero attached hydrogens (tertiary/aromatic N) is 2. The Balaban J connectivity index is 1.75. The van der Waals surface area contributed by atoms with E-state index in [0.29, 0.717) is 0 Å². The van der Waals surface area contributed by atoms with Crippen molar-refractivity contribution in [2.75, 3.05) is 12.3 Å². The molecule has 0 radical (unpaired) electrons. The number of thioether (sulfide) groups is 1. The number of aliphatic hydroxyl groups excluding tert-OH is 2. The smallest absolute Gasteiger partial charge is 0.459 e. The van der Waals surface area contributed by atoms with Gasteiger partial charge in [-0.3, -0.25) is 13.9 Å². The Bertz CT molecular complexity index is 1050. The van der Waals surface area contributed by atoms with Crippen LogP contribution in [0.5, 0.6) is 5.75 Å². The van der Waals surface area contributed by atoms with Crippen LogP contribution in [0.4, 0.5) is 5.82 Å². The SMILES string of the molecule is C[C@H](NP(=O)(OC[C@H]1S[C@@H](n2ccc(N)nc2=O)[C@@H](O)[C@@H]1O)Oc1ccccc1)C(=O)O. The van der Waals surface area contributed by atoms with Gasteiger partial charge in [0.15, 0.2) is 0 Å². The van der Waals surface area contributed by atoms with E-state index in [-0.39, 0.29) is 18.2 Å². The van der Waals surface area contributed by atoms with Crippen molar-refractivity contribution in [3.05, 3.63) is 53.1 Å². The predicted molar refractivity (Wildman–Crippen MR) is 116 cm³/mol. The zero-order valence-corrected chi connectivity index (χ0v) is 18.6. The van der Waals surface area contributed by atoms with Crippen LogP contribution in [0.15, 0.2) is 47.4 Å². The fourth-order valence-corrected chi connectivity index (χ4v) is 5.95. The second-order valence-electron chi connectivity index (χ2n) is 6.98. The van der Waals surface area contributed by atoms with Gasteiger partial charge in [-0.05, 0) is 25.1 Å². The molecule has 1 aliphatic rings. The average Bonchev–Trinajstić information content (AvgIpc) is 3.01. The lowest BCUT2D eigenvalue weighted by atomic mass is 10.1. The third kappa shape index (κ3) is 5.68. The van der Waals surface area contributed by atoms with Gasteiger partial charge in [0.05, 0.1) is 18.0 Å². The molecule has 0 aliphatic carbocycles. The van der Waals surface area contributed by atoms with E-state index in [0.717, 1.165) is 16.3 Å². The number of rotatable bonds is 9. The second kappa shape index (κ2) is 10.0. The maximum atomic E-state index is 13.2. The van der Waals surface area contributed by atoms with E-state index in [1.807, 2.05) is 0 Å². The summed E-state index contributed by atoms with van der Waals surface area (Å²) in [4.78, 5) is 26.9. The molecule has 174 valence electrons. The maximum Gasteiger partial charge on any atom is 0.459 e. The molecule has 2 aromatic rings. The highest BCUT2D eigenvalue weighted by Crippen LogP contribution is 2.48. The molecule has 6 atom stereocenters. The topological polar surface area (TPSA) is 186 Å². The van der Waals surface area contributed by atoms with E-state index in [2.05, 4.69) is 10.1 Å². The van der Waals surface area contributed by atoms with Crippen molar-refractivity contribution in [3.8, 4) is 5.75 Å². The van der Waals surface area contributed by atoms with Gasteiger partial charge in [0.1, 0.15) is 29.1 Å². The maximum absolute atomic E-state index is 13.2. The monoisotopic (exact) mass is 486 g/mol. The Kier molecular flexibility index (Phi) is 7.59. The highest BCUT2D eigenvalue weighted by molar-refractivity contribution is 8.00. The van der Waals surface area contributed by atoms with Crippen LogP contribution in [-0.2, 0) is 13.9 Å². The third-order valence-corrected chi connectivity index (χ3v) is 7.76. The zero-order chi connectivity index (χ0) is 23.5. The van der Waals surface area contributed by atoms with Gasteiger partial charge in [-0.2, -0.15) is 10.1 Å². The summed E-state index contributed by atoms with van der Waals surface area (Å²) in [7, 11) is -4.19. The molecule has 2 heterocycles. The summed E-state index contributed by atoms with van der Waals surface area (Å²) in [5.41, 5.74) is 4.78. The summed E-state index contributed by atoms with van der Waals surface area (Å²) in [6.45, 7) is 0.895. The Morgan fingerprint density at radius 3 is 2.62 bits per heavy atom. The first-order valence-electron chi connectivity index (χ1n) is 9.46. The van der Waals surface area contributed by atoms with Gasteiger partial charge in [0, 0.05) is 6.20 Å². The van der Waals surface area contributed by atoms with Crippen molar-refractivity contribution in [1.82, 2.24) is 14.6 Å². The summed E-state index contributed by atoms with van der Waals surface area (Å²) in [6, 6.07) is 8.14. The summed E-state index contributed by atoms with van der Waals surface area (Å²) in [5.74, 6) is -1.08. The molecule has 6 N–H and O–H groups in total. The van der Waals surface area contributed by atoms with Crippen molar-refractivity contribution in [2.24, 2.45) is 0 Å². The highest BCUT2D eigenvalue weighted by Gasteiger charge is 2.45. The fourth-order valence-electron chi connectivity index (χ4n) is 2.89. The van der Waals surface area contributed by atoms with Crippen LogP contribution in [0.2, 0.25) is 0 Å². The lowest BCUT2D eigenvalue weighted by Gasteiger charge is -2.24. The van der Waals surface area contributed by atoms with Crippen LogP contribution in [0.1, 0.15) is 12.3 Å². The van der Waals surface area contributed by atoms with Crippen molar-refractivity contribution in [3.63, 3.8) is 0 Å². The highest BCUT2D eigenvalue weighted by atomic mass is 32.2.